The van der Waals surface area contributed by atoms with Crippen molar-refractivity contribution >= 4 is 0 Å². The van der Waals surface area contributed by atoms with E-state index in [1.165, 1.54) is 0 Å². The third-order valence-corrected chi connectivity index (χ3v) is 2.39. The van der Waals surface area contributed by atoms with Crippen molar-refractivity contribution in [3.05, 3.63) is 0 Å². The minimum Gasteiger partial charge on any atom is -0.326 e. The molecule has 0 aromatic rings. The van der Waals surface area contributed by atoms with Crippen molar-refractivity contribution in [2.75, 3.05) is 0 Å². The zero-order valence-corrected chi connectivity index (χ0v) is 9.31. The SMILES string of the molecule is CC(C)(C)C(N)C(N)C(C)(C)C. The Hall–Kier alpha value is -0.0800. The molecule has 0 rings (SSSR count). The summed E-state index contributed by atoms with van der Waals surface area (Å²) in [7, 11) is 0. The standard InChI is InChI=1S/C10H24N2/c1-9(2,3)7(11)8(12)10(4,5)6/h7-8H,11-12H2,1-6H3. The van der Waals surface area contributed by atoms with Gasteiger partial charge in [-0.3, -0.25) is 0 Å². The molecule has 0 spiro atoms. The maximum absolute atomic E-state index is 6.06. The zero-order valence-electron chi connectivity index (χ0n) is 9.31. The molecule has 0 heterocycles. The molecule has 0 aromatic heterocycles. The van der Waals surface area contributed by atoms with Crippen LogP contribution in [0, 0.1) is 10.8 Å². The Bertz CT molecular complexity index is 121. The van der Waals surface area contributed by atoms with Crippen LogP contribution in [0.4, 0.5) is 0 Å². The number of hydrogen-bond donors (Lipinski definition) is 2. The zero-order chi connectivity index (χ0) is 10.2. The first-order valence-corrected chi connectivity index (χ1v) is 4.58. The lowest BCUT2D eigenvalue weighted by atomic mass is 9.74. The Morgan fingerprint density at radius 2 is 0.833 bits per heavy atom. The predicted octanol–water partition coefficient (Wildman–Crippen LogP) is 1.73. The number of rotatable bonds is 1. The lowest BCUT2D eigenvalue weighted by Crippen LogP contribution is -2.55. The minimum absolute atomic E-state index is 0.0532. The van der Waals surface area contributed by atoms with E-state index in [2.05, 4.69) is 41.5 Å². The van der Waals surface area contributed by atoms with Gasteiger partial charge >= 0.3 is 0 Å². The summed E-state index contributed by atoms with van der Waals surface area (Å²) in [5.41, 5.74) is 12.3. The van der Waals surface area contributed by atoms with Gasteiger partial charge in [0.2, 0.25) is 0 Å². The summed E-state index contributed by atoms with van der Waals surface area (Å²) in [5.74, 6) is 0. The van der Waals surface area contributed by atoms with Crippen LogP contribution in [0.3, 0.4) is 0 Å². The van der Waals surface area contributed by atoms with Crippen LogP contribution >= 0.6 is 0 Å². The highest BCUT2D eigenvalue weighted by Crippen LogP contribution is 2.27. The van der Waals surface area contributed by atoms with Crippen LogP contribution < -0.4 is 11.5 Å². The van der Waals surface area contributed by atoms with Crippen LogP contribution in [-0.4, -0.2) is 12.1 Å². The average molecular weight is 172 g/mol. The quantitative estimate of drug-likeness (QED) is 0.633. The fourth-order valence-electron chi connectivity index (χ4n) is 1.08. The van der Waals surface area contributed by atoms with Crippen molar-refractivity contribution < 1.29 is 0 Å². The molecule has 0 aromatic carbocycles. The van der Waals surface area contributed by atoms with E-state index in [9.17, 15) is 0 Å². The smallest absolute Gasteiger partial charge is 0.0246 e. The van der Waals surface area contributed by atoms with E-state index >= 15 is 0 Å². The fourth-order valence-corrected chi connectivity index (χ4v) is 1.08. The molecule has 0 saturated heterocycles. The summed E-state index contributed by atoms with van der Waals surface area (Å²) in [6.45, 7) is 12.8. The van der Waals surface area contributed by atoms with Gasteiger partial charge in [0.1, 0.15) is 0 Å². The second-order valence-electron chi connectivity index (χ2n) is 5.78. The van der Waals surface area contributed by atoms with Crippen molar-refractivity contribution in [2.45, 2.75) is 53.6 Å². The second-order valence-corrected chi connectivity index (χ2v) is 5.78. The van der Waals surface area contributed by atoms with Crippen LogP contribution in [0.1, 0.15) is 41.5 Å². The molecule has 2 nitrogen and oxygen atoms in total. The molecule has 74 valence electrons. The molecule has 4 N–H and O–H groups in total. The Morgan fingerprint density at radius 3 is 0.917 bits per heavy atom. The summed E-state index contributed by atoms with van der Waals surface area (Å²) in [4.78, 5) is 0. The third-order valence-electron chi connectivity index (χ3n) is 2.39. The highest BCUT2D eigenvalue weighted by atomic mass is 14.8. The first kappa shape index (κ1) is 11.9. The summed E-state index contributed by atoms with van der Waals surface area (Å²) < 4.78 is 0. The van der Waals surface area contributed by atoms with Crippen molar-refractivity contribution in [3.8, 4) is 0 Å². The van der Waals surface area contributed by atoms with Crippen molar-refractivity contribution in [1.29, 1.82) is 0 Å². The number of hydrogen-bond acceptors (Lipinski definition) is 2. The first-order valence-electron chi connectivity index (χ1n) is 4.58. The van der Waals surface area contributed by atoms with Gasteiger partial charge in [0.25, 0.3) is 0 Å². The normalized spacial score (nSPS) is 19.0. The van der Waals surface area contributed by atoms with Crippen molar-refractivity contribution in [2.24, 2.45) is 22.3 Å². The predicted molar refractivity (Wildman–Crippen MR) is 54.9 cm³/mol. The molecule has 0 radical (unpaired) electrons. The van der Waals surface area contributed by atoms with Crippen LogP contribution in [0.25, 0.3) is 0 Å². The Labute approximate surface area is 76.7 Å². The second kappa shape index (κ2) is 3.35. The summed E-state index contributed by atoms with van der Waals surface area (Å²) in [6.07, 6.45) is 0. The summed E-state index contributed by atoms with van der Waals surface area (Å²) in [6, 6.07) is 0.106. The van der Waals surface area contributed by atoms with E-state index < -0.39 is 0 Å². The fraction of sp³-hybridized carbons (Fsp3) is 1.00. The molecule has 0 saturated carbocycles. The lowest BCUT2D eigenvalue weighted by molar-refractivity contribution is 0.192. The molecule has 0 amide bonds. The maximum Gasteiger partial charge on any atom is 0.0246 e. The van der Waals surface area contributed by atoms with Gasteiger partial charge in [-0.25, -0.2) is 0 Å². The van der Waals surface area contributed by atoms with Gasteiger partial charge in [-0.05, 0) is 10.8 Å². The molecule has 12 heavy (non-hydrogen) atoms. The first-order chi connectivity index (χ1) is 5.07. The highest BCUT2D eigenvalue weighted by molar-refractivity contribution is 4.92. The summed E-state index contributed by atoms with van der Waals surface area (Å²) in [5, 5.41) is 0. The largest absolute Gasteiger partial charge is 0.326 e. The van der Waals surface area contributed by atoms with E-state index in [1.807, 2.05) is 0 Å². The number of nitrogens with two attached hydrogens (primary N) is 2. The van der Waals surface area contributed by atoms with Crippen molar-refractivity contribution in [1.82, 2.24) is 0 Å². The van der Waals surface area contributed by atoms with Crippen LogP contribution in [0.5, 0.6) is 0 Å². The molecule has 0 bridgehead atoms. The van der Waals surface area contributed by atoms with Gasteiger partial charge in [-0.1, -0.05) is 41.5 Å². The maximum atomic E-state index is 6.06. The van der Waals surface area contributed by atoms with Gasteiger partial charge in [0, 0.05) is 12.1 Å². The molecule has 2 heteroatoms. The molecule has 2 unspecified atom stereocenters. The average Bonchev–Trinajstić information content (AvgIpc) is 1.80. The third kappa shape index (κ3) is 3.11. The Kier molecular flexibility index (Phi) is 3.32. The topological polar surface area (TPSA) is 52.0 Å². The van der Waals surface area contributed by atoms with Gasteiger partial charge in [-0.15, -0.1) is 0 Å². The van der Waals surface area contributed by atoms with Crippen LogP contribution in [0.2, 0.25) is 0 Å². The molecule has 0 aliphatic carbocycles. The van der Waals surface area contributed by atoms with E-state index in [-0.39, 0.29) is 22.9 Å². The van der Waals surface area contributed by atoms with Gasteiger partial charge in [0.15, 0.2) is 0 Å². The molecule has 0 aliphatic rings. The van der Waals surface area contributed by atoms with Crippen molar-refractivity contribution in [3.63, 3.8) is 0 Å². The molecule has 2 atom stereocenters. The van der Waals surface area contributed by atoms with Crippen LogP contribution in [0.15, 0.2) is 0 Å². The van der Waals surface area contributed by atoms with E-state index in [0.717, 1.165) is 0 Å². The van der Waals surface area contributed by atoms with E-state index in [4.69, 9.17) is 11.5 Å². The Morgan fingerprint density at radius 1 is 0.667 bits per heavy atom. The van der Waals surface area contributed by atoms with Crippen LogP contribution in [-0.2, 0) is 0 Å². The van der Waals surface area contributed by atoms with E-state index in [1.54, 1.807) is 0 Å². The molecular weight excluding hydrogens is 148 g/mol. The lowest BCUT2D eigenvalue weighted by Gasteiger charge is -2.39. The summed E-state index contributed by atoms with van der Waals surface area (Å²) >= 11 is 0. The minimum atomic E-state index is 0.0532. The monoisotopic (exact) mass is 172 g/mol. The molecule has 0 fully saturated rings. The van der Waals surface area contributed by atoms with E-state index in [0.29, 0.717) is 0 Å². The Balaban J connectivity index is 4.41. The molecule has 0 aliphatic heterocycles. The van der Waals surface area contributed by atoms with Gasteiger partial charge in [0.05, 0.1) is 0 Å². The van der Waals surface area contributed by atoms with Gasteiger partial charge < -0.3 is 11.5 Å². The van der Waals surface area contributed by atoms with Gasteiger partial charge in [-0.2, -0.15) is 0 Å². The molecular formula is C10H24N2. The highest BCUT2D eigenvalue weighted by Gasteiger charge is 2.33.